The molecule has 1 saturated carbocycles. The van der Waals surface area contributed by atoms with Crippen molar-refractivity contribution in [3.63, 3.8) is 0 Å². The van der Waals surface area contributed by atoms with Crippen molar-refractivity contribution in [2.24, 2.45) is 11.8 Å². The standard InChI is InChI=1S/C14H24N4O2/c1-10-4-6-14(20-3,7-5-10)12(18-15)11-13(19-2)17-9-8-16-11/h8-10,12,18H,4-7,15H2,1-3H3. The van der Waals surface area contributed by atoms with Gasteiger partial charge in [0.2, 0.25) is 5.88 Å². The summed E-state index contributed by atoms with van der Waals surface area (Å²) in [5, 5.41) is 0. The van der Waals surface area contributed by atoms with Gasteiger partial charge in [-0.05, 0) is 31.6 Å². The molecule has 0 saturated heterocycles. The Morgan fingerprint density at radius 2 is 1.95 bits per heavy atom. The zero-order valence-electron chi connectivity index (χ0n) is 12.4. The number of hydrazine groups is 1. The van der Waals surface area contributed by atoms with Crippen molar-refractivity contribution in [1.82, 2.24) is 15.4 Å². The molecule has 0 aliphatic heterocycles. The molecule has 3 N–H and O–H groups in total. The third kappa shape index (κ3) is 2.77. The van der Waals surface area contributed by atoms with Crippen LogP contribution in [-0.4, -0.2) is 29.8 Å². The van der Waals surface area contributed by atoms with Gasteiger partial charge in [0, 0.05) is 19.5 Å². The number of hydrogen-bond acceptors (Lipinski definition) is 6. The zero-order chi connectivity index (χ0) is 14.6. The van der Waals surface area contributed by atoms with Crippen molar-refractivity contribution in [3.05, 3.63) is 18.1 Å². The predicted octanol–water partition coefficient (Wildman–Crippen LogP) is 1.58. The Morgan fingerprint density at radius 1 is 1.30 bits per heavy atom. The average molecular weight is 280 g/mol. The lowest BCUT2D eigenvalue weighted by Crippen LogP contribution is -2.50. The normalized spacial score (nSPS) is 28.1. The molecular formula is C14H24N4O2. The van der Waals surface area contributed by atoms with Gasteiger partial charge >= 0.3 is 0 Å². The molecule has 1 heterocycles. The van der Waals surface area contributed by atoms with Crippen LogP contribution in [0.4, 0.5) is 0 Å². The number of nitrogens with two attached hydrogens (primary N) is 1. The van der Waals surface area contributed by atoms with E-state index in [1.807, 2.05) is 0 Å². The lowest BCUT2D eigenvalue weighted by atomic mass is 9.74. The van der Waals surface area contributed by atoms with E-state index in [1.165, 1.54) is 0 Å². The molecule has 1 aliphatic rings. The van der Waals surface area contributed by atoms with Gasteiger partial charge in [0.25, 0.3) is 0 Å². The molecule has 0 spiro atoms. The summed E-state index contributed by atoms with van der Waals surface area (Å²) in [6.45, 7) is 2.27. The Kier molecular flexibility index (Phi) is 4.91. The molecule has 6 nitrogen and oxygen atoms in total. The van der Waals surface area contributed by atoms with Crippen molar-refractivity contribution in [3.8, 4) is 5.88 Å². The van der Waals surface area contributed by atoms with Crippen LogP contribution in [0.1, 0.15) is 44.3 Å². The number of rotatable bonds is 5. The van der Waals surface area contributed by atoms with Gasteiger partial charge in [-0.15, -0.1) is 0 Å². The van der Waals surface area contributed by atoms with Crippen molar-refractivity contribution in [1.29, 1.82) is 0 Å². The molecule has 0 aromatic carbocycles. The maximum atomic E-state index is 5.87. The summed E-state index contributed by atoms with van der Waals surface area (Å²) in [6.07, 6.45) is 7.39. The van der Waals surface area contributed by atoms with Crippen LogP contribution in [-0.2, 0) is 4.74 Å². The minimum absolute atomic E-state index is 0.233. The molecule has 20 heavy (non-hydrogen) atoms. The van der Waals surface area contributed by atoms with Gasteiger partial charge in [-0.2, -0.15) is 0 Å². The SMILES string of the molecule is COc1nccnc1C(NN)C1(OC)CCC(C)CC1. The number of nitrogens with zero attached hydrogens (tertiary/aromatic N) is 2. The largest absolute Gasteiger partial charge is 0.480 e. The molecule has 1 fully saturated rings. The average Bonchev–Trinajstić information content (AvgIpc) is 2.50. The van der Waals surface area contributed by atoms with Crippen molar-refractivity contribution < 1.29 is 9.47 Å². The van der Waals surface area contributed by atoms with Gasteiger partial charge in [-0.25, -0.2) is 10.4 Å². The molecule has 1 aromatic rings. The second kappa shape index (κ2) is 6.47. The van der Waals surface area contributed by atoms with Crippen LogP contribution in [0.5, 0.6) is 5.88 Å². The Balaban J connectivity index is 2.34. The molecule has 1 aromatic heterocycles. The highest BCUT2D eigenvalue weighted by molar-refractivity contribution is 5.24. The van der Waals surface area contributed by atoms with Crippen LogP contribution in [0.25, 0.3) is 0 Å². The molecule has 1 atom stereocenters. The molecular weight excluding hydrogens is 256 g/mol. The fourth-order valence-electron chi connectivity index (χ4n) is 3.03. The maximum Gasteiger partial charge on any atom is 0.237 e. The van der Waals surface area contributed by atoms with Crippen molar-refractivity contribution in [2.45, 2.75) is 44.2 Å². The van der Waals surface area contributed by atoms with E-state index in [-0.39, 0.29) is 11.6 Å². The Labute approximate surface area is 120 Å². The van der Waals surface area contributed by atoms with E-state index in [4.69, 9.17) is 15.3 Å². The minimum Gasteiger partial charge on any atom is -0.480 e. The minimum atomic E-state index is -0.357. The van der Waals surface area contributed by atoms with Crippen LogP contribution in [0.3, 0.4) is 0 Å². The predicted molar refractivity (Wildman–Crippen MR) is 76.0 cm³/mol. The van der Waals surface area contributed by atoms with Crippen LogP contribution >= 0.6 is 0 Å². The van der Waals surface area contributed by atoms with Gasteiger partial charge in [-0.3, -0.25) is 10.8 Å². The van der Waals surface area contributed by atoms with E-state index >= 15 is 0 Å². The smallest absolute Gasteiger partial charge is 0.237 e. The number of ether oxygens (including phenoxy) is 2. The summed E-state index contributed by atoms with van der Waals surface area (Å²) in [4.78, 5) is 8.60. The van der Waals surface area contributed by atoms with Crippen molar-refractivity contribution >= 4 is 0 Å². The summed E-state index contributed by atoms with van der Waals surface area (Å²) < 4.78 is 11.2. The highest BCUT2D eigenvalue weighted by Gasteiger charge is 2.44. The van der Waals surface area contributed by atoms with E-state index in [0.717, 1.165) is 31.6 Å². The molecule has 0 bridgehead atoms. The summed E-state index contributed by atoms with van der Waals surface area (Å²) >= 11 is 0. The third-order valence-electron chi connectivity index (χ3n) is 4.38. The summed E-state index contributed by atoms with van der Waals surface area (Å²) in [7, 11) is 3.33. The van der Waals surface area contributed by atoms with Gasteiger partial charge < -0.3 is 9.47 Å². The van der Waals surface area contributed by atoms with E-state index in [2.05, 4.69) is 22.3 Å². The second-order valence-electron chi connectivity index (χ2n) is 5.50. The topological polar surface area (TPSA) is 82.3 Å². The molecule has 112 valence electrons. The van der Waals surface area contributed by atoms with E-state index in [1.54, 1.807) is 26.6 Å². The van der Waals surface area contributed by atoms with Crippen LogP contribution in [0, 0.1) is 5.92 Å². The van der Waals surface area contributed by atoms with Gasteiger partial charge in [0.05, 0.1) is 18.8 Å². The fraction of sp³-hybridized carbons (Fsp3) is 0.714. The number of methoxy groups -OCH3 is 2. The van der Waals surface area contributed by atoms with Gasteiger partial charge in [0.1, 0.15) is 5.69 Å². The first kappa shape index (κ1) is 15.2. The molecule has 0 radical (unpaired) electrons. The quantitative estimate of drug-likeness (QED) is 0.629. The fourth-order valence-corrected chi connectivity index (χ4v) is 3.03. The Morgan fingerprint density at radius 3 is 2.50 bits per heavy atom. The Bertz CT molecular complexity index is 433. The van der Waals surface area contributed by atoms with E-state index in [9.17, 15) is 0 Å². The molecule has 2 rings (SSSR count). The second-order valence-corrected chi connectivity index (χ2v) is 5.50. The molecule has 6 heteroatoms. The van der Waals surface area contributed by atoms with E-state index < -0.39 is 0 Å². The maximum absolute atomic E-state index is 5.87. The Hall–Kier alpha value is -1.24. The summed E-state index contributed by atoms with van der Waals surface area (Å²) in [6, 6.07) is -0.233. The highest BCUT2D eigenvalue weighted by atomic mass is 16.5. The molecule has 0 amide bonds. The van der Waals surface area contributed by atoms with Crippen LogP contribution in [0.2, 0.25) is 0 Å². The lowest BCUT2D eigenvalue weighted by molar-refractivity contribution is -0.0776. The molecule has 1 unspecified atom stereocenters. The third-order valence-corrected chi connectivity index (χ3v) is 4.38. The molecule has 1 aliphatic carbocycles. The summed E-state index contributed by atoms with van der Waals surface area (Å²) in [5.74, 6) is 7.02. The number of aromatic nitrogens is 2. The first-order valence-electron chi connectivity index (χ1n) is 7.03. The zero-order valence-corrected chi connectivity index (χ0v) is 12.4. The first-order chi connectivity index (χ1) is 9.66. The monoisotopic (exact) mass is 280 g/mol. The van der Waals surface area contributed by atoms with Gasteiger partial charge in [0.15, 0.2) is 0 Å². The van der Waals surface area contributed by atoms with Crippen LogP contribution in [0.15, 0.2) is 12.4 Å². The van der Waals surface area contributed by atoms with Crippen LogP contribution < -0.4 is 16.0 Å². The first-order valence-corrected chi connectivity index (χ1v) is 7.03. The van der Waals surface area contributed by atoms with Gasteiger partial charge in [-0.1, -0.05) is 6.92 Å². The van der Waals surface area contributed by atoms with Crippen molar-refractivity contribution in [2.75, 3.05) is 14.2 Å². The highest BCUT2D eigenvalue weighted by Crippen LogP contribution is 2.43. The summed E-state index contributed by atoms with van der Waals surface area (Å²) in [5.41, 5.74) is 3.21. The number of nitrogens with one attached hydrogen (secondary N) is 1. The van der Waals surface area contributed by atoms with E-state index in [0.29, 0.717) is 11.6 Å². The number of hydrogen-bond donors (Lipinski definition) is 2. The lowest BCUT2D eigenvalue weighted by Gasteiger charge is -2.43.